The number of ether oxygens (including phenoxy) is 2. The fraction of sp³-hybridized carbons (Fsp3) is 0.222. The van der Waals surface area contributed by atoms with Gasteiger partial charge in [0.25, 0.3) is 0 Å². The first kappa shape index (κ1) is 18.2. The molecule has 2 aromatic rings. The van der Waals surface area contributed by atoms with Crippen molar-refractivity contribution in [1.82, 2.24) is 0 Å². The van der Waals surface area contributed by atoms with Crippen molar-refractivity contribution >= 4 is 17.6 Å². The van der Waals surface area contributed by atoms with E-state index in [0.717, 1.165) is 17.7 Å². The molecule has 5 nitrogen and oxygen atoms in total. The molecule has 0 fully saturated rings. The van der Waals surface area contributed by atoms with Gasteiger partial charge in [0.15, 0.2) is 0 Å². The quantitative estimate of drug-likeness (QED) is 0.695. The van der Waals surface area contributed by atoms with Gasteiger partial charge in [-0.05, 0) is 42.3 Å². The van der Waals surface area contributed by atoms with Crippen LogP contribution in [-0.2, 0) is 15.9 Å². The van der Waals surface area contributed by atoms with E-state index < -0.39 is 0 Å². The molecule has 0 spiro atoms. The van der Waals surface area contributed by atoms with Crippen LogP contribution in [-0.4, -0.2) is 26.2 Å². The zero-order valence-corrected chi connectivity index (χ0v) is 13.5. The number of esters is 2. The van der Waals surface area contributed by atoms with Gasteiger partial charge >= 0.3 is 11.9 Å². The molecule has 0 atom stereocenters. The van der Waals surface area contributed by atoms with Crippen LogP contribution in [0.1, 0.15) is 33.2 Å². The van der Waals surface area contributed by atoms with E-state index in [9.17, 15) is 9.59 Å². The van der Waals surface area contributed by atoms with Crippen molar-refractivity contribution < 1.29 is 19.1 Å². The number of benzene rings is 2. The second-order valence-corrected chi connectivity index (χ2v) is 4.62. The molecule has 0 saturated heterocycles. The van der Waals surface area contributed by atoms with Crippen molar-refractivity contribution in [2.24, 2.45) is 0 Å². The largest absolute Gasteiger partial charge is 0.465 e. The maximum absolute atomic E-state index is 11.1. The fourth-order valence-corrected chi connectivity index (χ4v) is 1.85. The third-order valence-electron chi connectivity index (χ3n) is 3.14. The average molecular weight is 315 g/mol. The Morgan fingerprint density at radius 2 is 1.48 bits per heavy atom. The van der Waals surface area contributed by atoms with Gasteiger partial charge in [0.2, 0.25) is 0 Å². The summed E-state index contributed by atoms with van der Waals surface area (Å²) in [7, 11) is 2.74. The molecule has 0 bridgehead atoms. The fourth-order valence-electron chi connectivity index (χ4n) is 1.85. The summed E-state index contributed by atoms with van der Waals surface area (Å²) in [6.45, 7) is 1.99. The minimum absolute atomic E-state index is 0.291. The van der Waals surface area contributed by atoms with Crippen LogP contribution in [0.25, 0.3) is 0 Å². The van der Waals surface area contributed by atoms with Gasteiger partial charge < -0.3 is 15.2 Å². The monoisotopic (exact) mass is 315 g/mol. The van der Waals surface area contributed by atoms with E-state index in [1.54, 1.807) is 42.5 Å². The predicted molar refractivity (Wildman–Crippen MR) is 89.4 cm³/mol. The normalized spacial score (nSPS) is 9.35. The molecule has 5 heteroatoms. The number of hydrogen-bond donors (Lipinski definition) is 1. The molecular weight excluding hydrogens is 294 g/mol. The Morgan fingerprint density at radius 1 is 0.913 bits per heavy atom. The van der Waals surface area contributed by atoms with Crippen molar-refractivity contribution in [1.29, 1.82) is 0 Å². The third-order valence-corrected chi connectivity index (χ3v) is 3.14. The number of methoxy groups -OCH3 is 2. The number of carbonyl (C=O) groups excluding carboxylic acids is 2. The van der Waals surface area contributed by atoms with E-state index in [1.807, 2.05) is 13.0 Å². The van der Waals surface area contributed by atoms with Crippen molar-refractivity contribution in [3.8, 4) is 0 Å². The number of nitrogens with two attached hydrogens (primary N) is 1. The Bertz CT molecular complexity index is 653. The Kier molecular flexibility index (Phi) is 7.33. The summed E-state index contributed by atoms with van der Waals surface area (Å²) >= 11 is 0. The van der Waals surface area contributed by atoms with Crippen LogP contribution in [0, 0.1) is 0 Å². The first-order chi connectivity index (χ1) is 11.0. The summed E-state index contributed by atoms with van der Waals surface area (Å²) in [5.41, 5.74) is 8.52. The van der Waals surface area contributed by atoms with Crippen LogP contribution in [0.15, 0.2) is 48.5 Å². The van der Waals surface area contributed by atoms with Crippen LogP contribution in [0.4, 0.5) is 5.69 Å². The molecule has 0 unspecified atom stereocenters. The summed E-state index contributed by atoms with van der Waals surface area (Å²) in [6.07, 6.45) is 0.816. The van der Waals surface area contributed by atoms with Gasteiger partial charge in [0, 0.05) is 5.69 Å². The maximum atomic E-state index is 11.1. The van der Waals surface area contributed by atoms with Gasteiger partial charge in [-0.1, -0.05) is 25.1 Å². The highest BCUT2D eigenvalue weighted by atomic mass is 16.5. The molecule has 23 heavy (non-hydrogen) atoms. The number of hydrogen-bond acceptors (Lipinski definition) is 5. The van der Waals surface area contributed by atoms with E-state index in [0.29, 0.717) is 11.1 Å². The molecule has 0 heterocycles. The molecule has 0 aromatic heterocycles. The number of carbonyl (C=O) groups is 2. The van der Waals surface area contributed by atoms with Gasteiger partial charge in [-0.2, -0.15) is 0 Å². The van der Waals surface area contributed by atoms with E-state index >= 15 is 0 Å². The summed E-state index contributed by atoms with van der Waals surface area (Å²) < 4.78 is 9.09. The van der Waals surface area contributed by atoms with Gasteiger partial charge in [-0.15, -0.1) is 0 Å². The van der Waals surface area contributed by atoms with Gasteiger partial charge in [0.1, 0.15) is 0 Å². The SMILES string of the molecule is CCc1cc(C(=O)OC)ccc1N.COC(=O)c1ccccc1. The van der Waals surface area contributed by atoms with Crippen LogP contribution in [0.2, 0.25) is 0 Å². The maximum Gasteiger partial charge on any atom is 0.337 e. The number of rotatable bonds is 3. The Labute approximate surface area is 136 Å². The lowest BCUT2D eigenvalue weighted by Crippen LogP contribution is -2.03. The molecule has 2 rings (SSSR count). The topological polar surface area (TPSA) is 78.6 Å². The smallest absolute Gasteiger partial charge is 0.337 e. The van der Waals surface area contributed by atoms with Crippen molar-refractivity contribution in [2.75, 3.05) is 20.0 Å². The molecule has 0 radical (unpaired) electrons. The average Bonchev–Trinajstić information content (AvgIpc) is 2.62. The van der Waals surface area contributed by atoms with E-state index in [-0.39, 0.29) is 11.9 Å². The second kappa shape index (κ2) is 9.25. The molecule has 122 valence electrons. The minimum Gasteiger partial charge on any atom is -0.465 e. The highest BCUT2D eigenvalue weighted by Crippen LogP contribution is 2.15. The lowest BCUT2D eigenvalue weighted by molar-refractivity contribution is 0.0592. The Balaban J connectivity index is 0.000000238. The highest BCUT2D eigenvalue weighted by molar-refractivity contribution is 5.90. The van der Waals surface area contributed by atoms with Crippen LogP contribution < -0.4 is 5.73 Å². The highest BCUT2D eigenvalue weighted by Gasteiger charge is 2.06. The lowest BCUT2D eigenvalue weighted by Gasteiger charge is -2.04. The summed E-state index contributed by atoms with van der Waals surface area (Å²) in [5.74, 6) is -0.615. The summed E-state index contributed by atoms with van der Waals surface area (Å²) in [5, 5.41) is 0. The standard InChI is InChI=1S/C10H13NO2.C8H8O2/c1-3-7-6-8(10(12)13-2)4-5-9(7)11;1-10-8(9)7-5-3-2-4-6-7/h4-6H,3,11H2,1-2H3;2-6H,1H3. The number of nitrogen functional groups attached to an aromatic ring is 1. The molecule has 0 aliphatic heterocycles. The minimum atomic E-state index is -0.324. The van der Waals surface area contributed by atoms with Crippen molar-refractivity contribution in [3.05, 3.63) is 65.2 Å². The number of anilines is 1. The van der Waals surface area contributed by atoms with Gasteiger partial charge in [0.05, 0.1) is 25.3 Å². The van der Waals surface area contributed by atoms with Crippen LogP contribution in [0.3, 0.4) is 0 Å². The number of aryl methyl sites for hydroxylation is 1. The van der Waals surface area contributed by atoms with E-state index in [1.165, 1.54) is 14.2 Å². The molecule has 0 saturated carbocycles. The molecule has 0 aliphatic carbocycles. The van der Waals surface area contributed by atoms with Crippen LogP contribution >= 0.6 is 0 Å². The molecule has 2 N–H and O–H groups in total. The summed E-state index contributed by atoms with van der Waals surface area (Å²) in [4.78, 5) is 21.9. The lowest BCUT2D eigenvalue weighted by atomic mass is 10.1. The predicted octanol–water partition coefficient (Wildman–Crippen LogP) is 3.09. The molecule has 0 aliphatic rings. The zero-order valence-electron chi connectivity index (χ0n) is 13.5. The van der Waals surface area contributed by atoms with E-state index in [4.69, 9.17) is 5.73 Å². The molecule has 0 amide bonds. The molecule has 2 aromatic carbocycles. The summed E-state index contributed by atoms with van der Waals surface area (Å²) in [6, 6.07) is 14.0. The van der Waals surface area contributed by atoms with Crippen LogP contribution in [0.5, 0.6) is 0 Å². The van der Waals surface area contributed by atoms with Gasteiger partial charge in [-0.3, -0.25) is 0 Å². The van der Waals surface area contributed by atoms with Crippen molar-refractivity contribution in [2.45, 2.75) is 13.3 Å². The third kappa shape index (κ3) is 5.47. The Hall–Kier alpha value is -2.82. The second-order valence-electron chi connectivity index (χ2n) is 4.62. The van der Waals surface area contributed by atoms with Gasteiger partial charge in [-0.25, -0.2) is 9.59 Å². The Morgan fingerprint density at radius 3 is 2.00 bits per heavy atom. The van der Waals surface area contributed by atoms with Crippen molar-refractivity contribution in [3.63, 3.8) is 0 Å². The first-order valence-electron chi connectivity index (χ1n) is 7.13. The first-order valence-corrected chi connectivity index (χ1v) is 7.13. The zero-order chi connectivity index (χ0) is 17.2. The molecular formula is C18H21NO4. The van der Waals surface area contributed by atoms with E-state index in [2.05, 4.69) is 9.47 Å².